The average Bonchev–Trinajstić information content (AvgIpc) is 3.45. The van der Waals surface area contributed by atoms with Crippen molar-refractivity contribution in [3.8, 4) is 17.3 Å². The first-order valence-electron chi connectivity index (χ1n) is 9.81. The maximum Gasteiger partial charge on any atom is 0.271 e. The molecule has 0 fully saturated rings. The number of carbonyl (C=O) groups is 1. The number of rotatable bonds is 6. The molecule has 0 saturated heterocycles. The molecule has 0 unspecified atom stereocenters. The normalized spacial score (nSPS) is 12.2. The SMILES string of the molecule is CC(C)c1noc(-c2ccnc(-n3cnc(C(=O)N[C@@H](C)c4ccc(F)cc4)c3)c2)n1. The van der Waals surface area contributed by atoms with Gasteiger partial charge in [0.25, 0.3) is 11.8 Å². The highest BCUT2D eigenvalue weighted by molar-refractivity contribution is 5.92. The zero-order valence-electron chi connectivity index (χ0n) is 17.3. The van der Waals surface area contributed by atoms with E-state index in [1.165, 1.54) is 18.5 Å². The number of imidazole rings is 1. The van der Waals surface area contributed by atoms with Crippen molar-refractivity contribution in [1.29, 1.82) is 0 Å². The lowest BCUT2D eigenvalue weighted by molar-refractivity contribution is 0.0935. The molecule has 0 radical (unpaired) electrons. The molecule has 8 nitrogen and oxygen atoms in total. The monoisotopic (exact) mass is 420 g/mol. The Balaban J connectivity index is 1.50. The van der Waals surface area contributed by atoms with Crippen LogP contribution < -0.4 is 5.32 Å². The highest BCUT2D eigenvalue weighted by atomic mass is 19.1. The molecule has 0 aliphatic rings. The summed E-state index contributed by atoms with van der Waals surface area (Å²) in [4.78, 5) is 25.5. The minimum Gasteiger partial charge on any atom is -0.344 e. The largest absolute Gasteiger partial charge is 0.344 e. The summed E-state index contributed by atoms with van der Waals surface area (Å²) in [6.07, 6.45) is 4.73. The maximum absolute atomic E-state index is 13.1. The van der Waals surface area contributed by atoms with E-state index >= 15 is 0 Å². The molecule has 1 N–H and O–H groups in total. The predicted molar refractivity (Wildman–Crippen MR) is 111 cm³/mol. The van der Waals surface area contributed by atoms with Crippen molar-refractivity contribution in [3.63, 3.8) is 0 Å². The van der Waals surface area contributed by atoms with Crippen molar-refractivity contribution in [2.75, 3.05) is 0 Å². The molecule has 3 aromatic heterocycles. The lowest BCUT2D eigenvalue weighted by Gasteiger charge is -2.13. The fourth-order valence-electron chi connectivity index (χ4n) is 2.95. The summed E-state index contributed by atoms with van der Waals surface area (Å²) in [6, 6.07) is 9.25. The summed E-state index contributed by atoms with van der Waals surface area (Å²) in [6.45, 7) is 5.80. The fraction of sp³-hybridized carbons (Fsp3) is 0.227. The second-order valence-corrected chi connectivity index (χ2v) is 7.43. The molecule has 0 bridgehead atoms. The summed E-state index contributed by atoms with van der Waals surface area (Å²) < 4.78 is 20.1. The van der Waals surface area contributed by atoms with Crippen LogP contribution in [0.2, 0.25) is 0 Å². The van der Waals surface area contributed by atoms with Crippen molar-refractivity contribution < 1.29 is 13.7 Å². The van der Waals surface area contributed by atoms with Crippen LogP contribution in [0.1, 0.15) is 54.6 Å². The number of aromatic nitrogens is 5. The molecule has 1 aromatic carbocycles. The van der Waals surface area contributed by atoms with Crippen LogP contribution in [0.25, 0.3) is 17.3 Å². The van der Waals surface area contributed by atoms with Gasteiger partial charge in [-0.15, -0.1) is 0 Å². The Hall–Kier alpha value is -3.88. The van der Waals surface area contributed by atoms with Crippen LogP contribution in [0.3, 0.4) is 0 Å². The molecule has 31 heavy (non-hydrogen) atoms. The van der Waals surface area contributed by atoms with E-state index in [1.54, 1.807) is 41.2 Å². The van der Waals surface area contributed by atoms with Gasteiger partial charge in [0.2, 0.25) is 0 Å². The lowest BCUT2D eigenvalue weighted by Crippen LogP contribution is -2.26. The van der Waals surface area contributed by atoms with Crippen LogP contribution >= 0.6 is 0 Å². The van der Waals surface area contributed by atoms with Gasteiger partial charge >= 0.3 is 0 Å². The Morgan fingerprint density at radius 3 is 2.61 bits per heavy atom. The maximum atomic E-state index is 13.1. The third kappa shape index (κ3) is 4.50. The van der Waals surface area contributed by atoms with Crippen molar-refractivity contribution in [2.45, 2.75) is 32.7 Å². The molecule has 4 aromatic rings. The van der Waals surface area contributed by atoms with Crippen molar-refractivity contribution in [2.24, 2.45) is 0 Å². The van der Waals surface area contributed by atoms with E-state index in [-0.39, 0.29) is 29.4 Å². The van der Waals surface area contributed by atoms with Gasteiger partial charge in [-0.25, -0.2) is 14.4 Å². The molecule has 0 saturated carbocycles. The highest BCUT2D eigenvalue weighted by Crippen LogP contribution is 2.21. The van der Waals surface area contributed by atoms with Gasteiger partial charge in [-0.2, -0.15) is 4.98 Å². The van der Waals surface area contributed by atoms with Gasteiger partial charge in [-0.05, 0) is 36.8 Å². The molecular weight excluding hydrogens is 399 g/mol. The van der Waals surface area contributed by atoms with Crippen LogP contribution in [-0.2, 0) is 0 Å². The molecule has 158 valence electrons. The zero-order chi connectivity index (χ0) is 22.0. The smallest absolute Gasteiger partial charge is 0.271 e. The quantitative estimate of drug-likeness (QED) is 0.505. The van der Waals surface area contributed by atoms with E-state index in [4.69, 9.17) is 4.52 Å². The number of nitrogens with zero attached hydrogens (tertiary/aromatic N) is 5. The van der Waals surface area contributed by atoms with E-state index in [2.05, 4.69) is 25.4 Å². The van der Waals surface area contributed by atoms with Crippen molar-refractivity contribution in [3.05, 3.63) is 78.0 Å². The Labute approximate surface area is 178 Å². The van der Waals surface area contributed by atoms with Gasteiger partial charge < -0.3 is 9.84 Å². The first-order chi connectivity index (χ1) is 14.9. The molecule has 1 amide bonds. The van der Waals surface area contributed by atoms with E-state index in [0.29, 0.717) is 23.1 Å². The Bertz CT molecular complexity index is 1200. The van der Waals surface area contributed by atoms with Gasteiger partial charge in [0.15, 0.2) is 5.82 Å². The van der Waals surface area contributed by atoms with Gasteiger partial charge in [-0.1, -0.05) is 31.1 Å². The minimum atomic E-state index is -0.342. The summed E-state index contributed by atoms with van der Waals surface area (Å²) in [7, 11) is 0. The van der Waals surface area contributed by atoms with Gasteiger partial charge in [0.05, 0.1) is 6.04 Å². The molecule has 9 heteroatoms. The number of hydrogen-bond acceptors (Lipinski definition) is 6. The molecule has 4 rings (SSSR count). The second-order valence-electron chi connectivity index (χ2n) is 7.43. The third-order valence-corrected chi connectivity index (χ3v) is 4.75. The number of amides is 1. The highest BCUT2D eigenvalue weighted by Gasteiger charge is 2.16. The number of nitrogens with one attached hydrogen (secondary N) is 1. The van der Waals surface area contributed by atoms with Crippen molar-refractivity contribution in [1.82, 2.24) is 30.0 Å². The van der Waals surface area contributed by atoms with Gasteiger partial charge in [0, 0.05) is 23.9 Å². The van der Waals surface area contributed by atoms with E-state index < -0.39 is 0 Å². The van der Waals surface area contributed by atoms with Crippen LogP contribution in [0.5, 0.6) is 0 Å². The third-order valence-electron chi connectivity index (χ3n) is 4.75. The minimum absolute atomic E-state index is 0.158. The molecule has 1 atom stereocenters. The summed E-state index contributed by atoms with van der Waals surface area (Å²) in [5.74, 6) is 1.08. The van der Waals surface area contributed by atoms with Crippen LogP contribution in [0.4, 0.5) is 4.39 Å². The van der Waals surface area contributed by atoms with E-state index in [0.717, 1.165) is 5.56 Å². The average molecular weight is 420 g/mol. The number of hydrogen-bond donors (Lipinski definition) is 1. The Morgan fingerprint density at radius 2 is 1.90 bits per heavy atom. The van der Waals surface area contributed by atoms with E-state index in [1.807, 2.05) is 20.8 Å². The van der Waals surface area contributed by atoms with Crippen molar-refractivity contribution >= 4 is 5.91 Å². The summed E-state index contributed by atoms with van der Waals surface area (Å²) in [5.41, 5.74) is 1.75. The molecule has 3 heterocycles. The standard InChI is InChI=1S/C22H21FN6O2/c1-13(2)20-27-22(31-28-20)16-8-9-24-19(10-16)29-11-18(25-12-29)21(30)26-14(3)15-4-6-17(23)7-5-15/h4-14H,1-3H3,(H,26,30)/t14-/m0/s1. The van der Waals surface area contributed by atoms with Gasteiger partial charge in [0.1, 0.15) is 23.7 Å². The van der Waals surface area contributed by atoms with E-state index in [9.17, 15) is 9.18 Å². The first-order valence-corrected chi connectivity index (χ1v) is 9.81. The topological polar surface area (TPSA) is 98.7 Å². The Kier molecular flexibility index (Phi) is 5.57. The predicted octanol–water partition coefficient (Wildman–Crippen LogP) is 4.07. The molecule has 0 aliphatic heterocycles. The molecule has 0 aliphatic carbocycles. The molecular formula is C22H21FN6O2. The van der Waals surface area contributed by atoms with Crippen LogP contribution in [0.15, 0.2) is 59.6 Å². The lowest BCUT2D eigenvalue weighted by atomic mass is 10.1. The number of benzene rings is 1. The molecule has 0 spiro atoms. The Morgan fingerprint density at radius 1 is 1.13 bits per heavy atom. The number of halogens is 1. The first kappa shape index (κ1) is 20.4. The zero-order valence-corrected chi connectivity index (χ0v) is 17.3. The van der Waals surface area contributed by atoms with Crippen LogP contribution in [-0.4, -0.2) is 30.6 Å². The summed E-state index contributed by atoms with van der Waals surface area (Å²) >= 11 is 0. The van der Waals surface area contributed by atoms with Crippen LogP contribution in [0, 0.1) is 5.82 Å². The number of pyridine rings is 1. The number of carbonyl (C=O) groups excluding carboxylic acids is 1. The van der Waals surface area contributed by atoms with Gasteiger partial charge in [-0.3, -0.25) is 9.36 Å². The summed E-state index contributed by atoms with van der Waals surface area (Å²) in [5, 5.41) is 6.84. The second kappa shape index (κ2) is 8.47. The fourth-order valence-corrected chi connectivity index (χ4v) is 2.95.